The van der Waals surface area contributed by atoms with Gasteiger partial charge in [-0.15, -0.1) is 12.4 Å². The lowest BCUT2D eigenvalue weighted by Crippen LogP contribution is -2.49. The standard InChI is InChI=1S/C20H25N5O2.ClH/c1-13-11-16(13)19(26)23-15-5-3-14(4-6-15)20(27)25-10-7-21-12-17(25)18-22-8-9-24(18)2;/h3-6,8-9,13,16-17,21H,7,10-12H2,1-2H3,(H,23,26);1H. The van der Waals surface area contributed by atoms with Crippen molar-refractivity contribution in [2.45, 2.75) is 19.4 Å². The molecule has 2 fully saturated rings. The maximum atomic E-state index is 13.1. The van der Waals surface area contributed by atoms with E-state index in [-0.39, 0.29) is 36.2 Å². The Balaban J connectivity index is 0.00000225. The molecule has 3 unspecified atom stereocenters. The molecule has 1 aliphatic carbocycles. The molecule has 1 aromatic carbocycles. The van der Waals surface area contributed by atoms with Gasteiger partial charge in [-0.05, 0) is 36.6 Å². The van der Waals surface area contributed by atoms with E-state index < -0.39 is 0 Å². The first kappa shape index (κ1) is 20.4. The largest absolute Gasteiger partial charge is 0.336 e. The summed E-state index contributed by atoms with van der Waals surface area (Å²) in [6.45, 7) is 4.16. The highest BCUT2D eigenvalue weighted by molar-refractivity contribution is 5.97. The fourth-order valence-corrected chi connectivity index (χ4v) is 3.66. The van der Waals surface area contributed by atoms with Crippen molar-refractivity contribution in [3.63, 3.8) is 0 Å². The zero-order valence-corrected chi connectivity index (χ0v) is 16.9. The summed E-state index contributed by atoms with van der Waals surface area (Å²) in [5.41, 5.74) is 1.35. The number of halogens is 1. The number of benzene rings is 1. The zero-order chi connectivity index (χ0) is 19.0. The lowest BCUT2D eigenvalue weighted by molar-refractivity contribution is -0.117. The summed E-state index contributed by atoms with van der Waals surface area (Å²) >= 11 is 0. The van der Waals surface area contributed by atoms with Crippen molar-refractivity contribution >= 4 is 29.9 Å². The van der Waals surface area contributed by atoms with E-state index >= 15 is 0 Å². The van der Waals surface area contributed by atoms with E-state index in [0.29, 0.717) is 24.6 Å². The topological polar surface area (TPSA) is 79.3 Å². The number of hydrogen-bond acceptors (Lipinski definition) is 4. The molecule has 1 saturated heterocycles. The Kier molecular flexibility index (Phi) is 6.05. The molecule has 0 radical (unpaired) electrons. The number of carbonyl (C=O) groups excluding carboxylic acids is 2. The molecule has 2 amide bonds. The van der Waals surface area contributed by atoms with Gasteiger partial charge in [0.15, 0.2) is 0 Å². The van der Waals surface area contributed by atoms with E-state index in [1.165, 1.54) is 0 Å². The van der Waals surface area contributed by atoms with Crippen molar-refractivity contribution in [2.24, 2.45) is 18.9 Å². The third-order valence-electron chi connectivity index (χ3n) is 5.51. The van der Waals surface area contributed by atoms with Gasteiger partial charge in [-0.3, -0.25) is 9.59 Å². The molecule has 8 heteroatoms. The molecule has 1 saturated carbocycles. The first-order valence-electron chi connectivity index (χ1n) is 9.44. The Morgan fingerprint density at radius 2 is 1.96 bits per heavy atom. The minimum Gasteiger partial charge on any atom is -0.336 e. The van der Waals surface area contributed by atoms with E-state index in [1.54, 1.807) is 30.5 Å². The normalized spacial score (nSPS) is 23.6. The number of aryl methyl sites for hydroxylation is 1. The summed E-state index contributed by atoms with van der Waals surface area (Å²) in [6.07, 6.45) is 4.61. The number of anilines is 1. The van der Waals surface area contributed by atoms with E-state index in [1.807, 2.05) is 22.7 Å². The number of nitrogens with zero attached hydrogens (tertiary/aromatic N) is 3. The Labute approximate surface area is 170 Å². The predicted octanol–water partition coefficient (Wildman–Crippen LogP) is 2.22. The molecule has 1 aromatic heterocycles. The summed E-state index contributed by atoms with van der Waals surface area (Å²) in [5, 5.41) is 6.27. The highest BCUT2D eigenvalue weighted by Crippen LogP contribution is 2.38. The van der Waals surface area contributed by atoms with Crippen molar-refractivity contribution in [3.8, 4) is 0 Å². The van der Waals surface area contributed by atoms with Gasteiger partial charge in [0.1, 0.15) is 11.9 Å². The second-order valence-electron chi connectivity index (χ2n) is 7.50. The molecule has 1 aliphatic heterocycles. The molecular weight excluding hydrogens is 378 g/mol. The molecule has 0 spiro atoms. The van der Waals surface area contributed by atoms with Gasteiger partial charge in [0, 0.05) is 56.2 Å². The quantitative estimate of drug-likeness (QED) is 0.820. The van der Waals surface area contributed by atoms with Crippen LogP contribution < -0.4 is 10.6 Å². The number of piperazine rings is 1. The first-order valence-corrected chi connectivity index (χ1v) is 9.44. The number of nitrogens with one attached hydrogen (secondary N) is 2. The molecule has 2 N–H and O–H groups in total. The fourth-order valence-electron chi connectivity index (χ4n) is 3.66. The van der Waals surface area contributed by atoms with E-state index in [0.717, 1.165) is 24.5 Å². The van der Waals surface area contributed by atoms with Gasteiger partial charge in [0.05, 0.1) is 0 Å². The average Bonchev–Trinajstić information content (AvgIpc) is 3.27. The minimum atomic E-state index is -0.0954. The van der Waals surface area contributed by atoms with Gasteiger partial charge in [-0.25, -0.2) is 4.98 Å². The Morgan fingerprint density at radius 3 is 2.57 bits per heavy atom. The highest BCUT2D eigenvalue weighted by Gasteiger charge is 2.39. The van der Waals surface area contributed by atoms with Crippen LogP contribution in [0.4, 0.5) is 5.69 Å². The van der Waals surface area contributed by atoms with Gasteiger partial charge in [0.2, 0.25) is 5.91 Å². The molecule has 3 atom stereocenters. The predicted molar refractivity (Wildman–Crippen MR) is 109 cm³/mol. The van der Waals surface area contributed by atoms with Crippen molar-refractivity contribution in [3.05, 3.63) is 48.0 Å². The van der Waals surface area contributed by atoms with Gasteiger partial charge >= 0.3 is 0 Å². The van der Waals surface area contributed by atoms with Gasteiger partial charge in [-0.1, -0.05) is 6.92 Å². The zero-order valence-electron chi connectivity index (χ0n) is 16.1. The minimum absolute atomic E-state index is 0. The van der Waals surface area contributed by atoms with E-state index in [9.17, 15) is 9.59 Å². The van der Waals surface area contributed by atoms with E-state index in [4.69, 9.17) is 0 Å². The first-order chi connectivity index (χ1) is 13.0. The van der Waals surface area contributed by atoms with Crippen LogP contribution in [0.1, 0.15) is 35.6 Å². The molecule has 2 heterocycles. The van der Waals surface area contributed by atoms with Gasteiger partial charge in [-0.2, -0.15) is 0 Å². The molecule has 2 aromatic rings. The third-order valence-corrected chi connectivity index (χ3v) is 5.51. The van der Waals surface area contributed by atoms with Crippen molar-refractivity contribution in [2.75, 3.05) is 25.0 Å². The van der Waals surface area contributed by atoms with E-state index in [2.05, 4.69) is 22.5 Å². The Bertz CT molecular complexity index is 851. The summed E-state index contributed by atoms with van der Waals surface area (Å²) in [7, 11) is 1.94. The third kappa shape index (κ3) is 4.05. The van der Waals surface area contributed by atoms with Crippen LogP contribution in [-0.4, -0.2) is 45.9 Å². The maximum absolute atomic E-state index is 13.1. The SMILES string of the molecule is CC1CC1C(=O)Nc1ccc(C(=O)N2CCNCC2c2nccn2C)cc1.Cl. The summed E-state index contributed by atoms with van der Waals surface area (Å²) in [4.78, 5) is 31.4. The molecular formula is C20H26ClN5O2. The monoisotopic (exact) mass is 403 g/mol. The van der Waals surface area contributed by atoms with Crippen LogP contribution in [-0.2, 0) is 11.8 Å². The second-order valence-corrected chi connectivity index (χ2v) is 7.50. The van der Waals surface area contributed by atoms with Crippen molar-refractivity contribution < 1.29 is 9.59 Å². The number of imidazole rings is 1. The van der Waals surface area contributed by atoms with Crippen LogP contribution in [0.2, 0.25) is 0 Å². The maximum Gasteiger partial charge on any atom is 0.254 e. The number of aromatic nitrogens is 2. The molecule has 0 bridgehead atoms. The van der Waals surface area contributed by atoms with Gasteiger partial charge < -0.3 is 20.1 Å². The van der Waals surface area contributed by atoms with Crippen LogP contribution in [0.15, 0.2) is 36.7 Å². The number of amides is 2. The smallest absolute Gasteiger partial charge is 0.254 e. The second kappa shape index (κ2) is 8.32. The van der Waals surface area contributed by atoms with Crippen LogP contribution in [0.3, 0.4) is 0 Å². The van der Waals surface area contributed by atoms with Crippen LogP contribution >= 0.6 is 12.4 Å². The van der Waals surface area contributed by atoms with Crippen molar-refractivity contribution in [1.82, 2.24) is 19.8 Å². The Morgan fingerprint density at radius 1 is 1.25 bits per heavy atom. The average molecular weight is 404 g/mol. The summed E-state index contributed by atoms with van der Waals surface area (Å²) in [6, 6.07) is 7.08. The number of hydrogen-bond donors (Lipinski definition) is 2. The Hall–Kier alpha value is -2.38. The molecule has 2 aliphatic rings. The van der Waals surface area contributed by atoms with Crippen molar-refractivity contribution in [1.29, 1.82) is 0 Å². The molecule has 150 valence electrons. The van der Waals surface area contributed by atoms with Crippen LogP contribution in [0.25, 0.3) is 0 Å². The molecule has 7 nitrogen and oxygen atoms in total. The number of rotatable bonds is 4. The molecule has 4 rings (SSSR count). The lowest BCUT2D eigenvalue weighted by Gasteiger charge is -2.35. The number of carbonyl (C=O) groups is 2. The molecule has 28 heavy (non-hydrogen) atoms. The van der Waals surface area contributed by atoms with Crippen LogP contribution in [0.5, 0.6) is 0 Å². The summed E-state index contributed by atoms with van der Waals surface area (Å²) < 4.78 is 1.95. The van der Waals surface area contributed by atoms with Gasteiger partial charge in [0.25, 0.3) is 5.91 Å². The lowest BCUT2D eigenvalue weighted by atomic mass is 10.1. The fraction of sp³-hybridized carbons (Fsp3) is 0.450. The summed E-state index contributed by atoms with van der Waals surface area (Å²) in [5.74, 6) is 1.53. The van der Waals surface area contributed by atoms with Crippen LogP contribution in [0, 0.1) is 11.8 Å². The highest BCUT2D eigenvalue weighted by atomic mass is 35.5.